The monoisotopic (exact) mass is 391 g/mol. The molecule has 148 valence electrons. The Morgan fingerprint density at radius 3 is 2.38 bits per heavy atom. The first-order chi connectivity index (χ1) is 14.0. The zero-order valence-electron chi connectivity index (χ0n) is 16.1. The summed E-state index contributed by atoms with van der Waals surface area (Å²) >= 11 is 0. The van der Waals surface area contributed by atoms with Crippen LogP contribution in [0.4, 0.5) is 17.1 Å². The van der Waals surface area contributed by atoms with Gasteiger partial charge in [0.25, 0.3) is 11.8 Å². The van der Waals surface area contributed by atoms with Gasteiger partial charge in [-0.3, -0.25) is 9.59 Å². The summed E-state index contributed by atoms with van der Waals surface area (Å²) in [5, 5.41) is 3.24. The van der Waals surface area contributed by atoms with E-state index in [0.29, 0.717) is 22.5 Å². The van der Waals surface area contributed by atoms with Crippen LogP contribution >= 0.6 is 0 Å². The van der Waals surface area contributed by atoms with Crippen molar-refractivity contribution in [3.8, 4) is 0 Å². The van der Waals surface area contributed by atoms with Gasteiger partial charge in [-0.15, -0.1) is 4.99 Å². The van der Waals surface area contributed by atoms with Crippen LogP contribution in [0.1, 0.15) is 27.6 Å². The largest absolute Gasteiger partial charge is 0.359 e. The van der Waals surface area contributed by atoms with Gasteiger partial charge in [0.2, 0.25) is 0 Å². The summed E-state index contributed by atoms with van der Waals surface area (Å²) in [4.78, 5) is 35.8. The van der Waals surface area contributed by atoms with Gasteiger partial charge >= 0.3 is 0 Å². The summed E-state index contributed by atoms with van der Waals surface area (Å²) in [5.41, 5.74) is 5.95. The number of hydrogen-bond acceptors (Lipinski definition) is 6. The van der Waals surface area contributed by atoms with Crippen LogP contribution in [0.15, 0.2) is 79.0 Å². The van der Waals surface area contributed by atoms with E-state index in [4.69, 9.17) is 0 Å². The van der Waals surface area contributed by atoms with Crippen molar-refractivity contribution in [2.45, 2.75) is 6.92 Å². The zero-order valence-corrected chi connectivity index (χ0v) is 16.1. The van der Waals surface area contributed by atoms with Crippen LogP contribution in [-0.2, 0) is 9.88 Å². The fourth-order valence-electron chi connectivity index (χ4n) is 2.87. The van der Waals surface area contributed by atoms with Crippen molar-refractivity contribution in [1.82, 2.24) is 0 Å². The van der Waals surface area contributed by atoms with Gasteiger partial charge in [-0.25, -0.2) is 15.3 Å². The molecular formula is C22H21N3O4. The molecule has 0 radical (unpaired) electrons. The standard InChI is InChI=1S/C22H21N3O4/c1-4-5-6-7-15(2)23-16-8-11-18(12-9-16)25-21(26)19-13-10-17(24-29-28-3)14-20(19)22(25)27/h4-14,23-24H,1H2,2-3H3/b6-5-,15-7+. The average Bonchev–Trinajstić information content (AvgIpc) is 2.97. The van der Waals surface area contributed by atoms with Gasteiger partial charge in [0.1, 0.15) is 0 Å². The Bertz CT molecular complexity index is 994. The minimum absolute atomic E-state index is 0.301. The van der Waals surface area contributed by atoms with Crippen LogP contribution < -0.4 is 15.7 Å². The van der Waals surface area contributed by atoms with Crippen molar-refractivity contribution >= 4 is 28.9 Å². The van der Waals surface area contributed by atoms with E-state index in [-0.39, 0.29) is 5.91 Å². The molecule has 0 aromatic heterocycles. The van der Waals surface area contributed by atoms with E-state index in [2.05, 4.69) is 27.3 Å². The van der Waals surface area contributed by atoms with Gasteiger partial charge in [0.05, 0.1) is 29.6 Å². The molecule has 0 bridgehead atoms. The predicted molar refractivity (Wildman–Crippen MR) is 112 cm³/mol. The Labute approximate surface area is 168 Å². The number of carbonyl (C=O) groups excluding carboxylic acids is 2. The number of carbonyl (C=O) groups is 2. The quantitative estimate of drug-likeness (QED) is 0.300. The van der Waals surface area contributed by atoms with Crippen molar-refractivity contribution in [2.24, 2.45) is 0 Å². The first-order valence-corrected chi connectivity index (χ1v) is 8.86. The number of hydrogen-bond donors (Lipinski definition) is 2. The summed E-state index contributed by atoms with van der Waals surface area (Å²) in [6, 6.07) is 11.8. The molecule has 2 aromatic carbocycles. The second-order valence-corrected chi connectivity index (χ2v) is 6.20. The van der Waals surface area contributed by atoms with Crippen molar-refractivity contribution in [2.75, 3.05) is 22.8 Å². The molecule has 0 aliphatic carbocycles. The number of rotatable bonds is 8. The third-order valence-electron chi connectivity index (χ3n) is 4.19. The summed E-state index contributed by atoms with van der Waals surface area (Å²) in [6.45, 7) is 5.56. The maximum absolute atomic E-state index is 12.8. The molecule has 0 atom stereocenters. The topological polar surface area (TPSA) is 79.9 Å². The molecule has 0 unspecified atom stereocenters. The third-order valence-corrected chi connectivity index (χ3v) is 4.19. The lowest BCUT2D eigenvalue weighted by molar-refractivity contribution is -0.248. The van der Waals surface area contributed by atoms with E-state index in [1.807, 2.05) is 37.3 Å². The molecule has 2 amide bonds. The van der Waals surface area contributed by atoms with Gasteiger partial charge in [-0.1, -0.05) is 24.8 Å². The molecule has 0 spiro atoms. The van der Waals surface area contributed by atoms with Gasteiger partial charge in [0.15, 0.2) is 0 Å². The van der Waals surface area contributed by atoms with Gasteiger partial charge in [0, 0.05) is 11.4 Å². The SMILES string of the molecule is C=C/C=C\C=C(/C)Nc1ccc(N2C(=O)c3ccc(NOOC)cc3C2=O)cc1. The number of nitrogens with zero attached hydrogens (tertiary/aromatic N) is 1. The minimum Gasteiger partial charge on any atom is -0.359 e. The first kappa shape index (κ1) is 20.1. The summed E-state index contributed by atoms with van der Waals surface area (Å²) < 4.78 is 0. The highest BCUT2D eigenvalue weighted by atomic mass is 17.3. The summed E-state index contributed by atoms with van der Waals surface area (Å²) in [5.74, 6) is -0.757. The second-order valence-electron chi connectivity index (χ2n) is 6.20. The highest BCUT2D eigenvalue weighted by molar-refractivity contribution is 6.34. The molecule has 29 heavy (non-hydrogen) atoms. The van der Waals surface area contributed by atoms with E-state index in [9.17, 15) is 9.59 Å². The van der Waals surface area contributed by atoms with Crippen molar-refractivity contribution in [3.63, 3.8) is 0 Å². The van der Waals surface area contributed by atoms with Gasteiger partial charge < -0.3 is 5.32 Å². The number of imide groups is 1. The Kier molecular flexibility index (Phi) is 6.23. The number of amides is 2. The Morgan fingerprint density at radius 1 is 1.00 bits per heavy atom. The molecule has 7 nitrogen and oxygen atoms in total. The first-order valence-electron chi connectivity index (χ1n) is 8.86. The molecule has 1 aliphatic rings. The molecule has 2 N–H and O–H groups in total. The number of nitrogens with one attached hydrogen (secondary N) is 2. The average molecular weight is 391 g/mol. The van der Waals surface area contributed by atoms with Gasteiger partial charge in [-0.05, 0) is 55.5 Å². The zero-order chi connectivity index (χ0) is 20.8. The van der Waals surface area contributed by atoms with E-state index in [0.717, 1.165) is 16.3 Å². The lowest BCUT2D eigenvalue weighted by Crippen LogP contribution is -2.29. The number of allylic oxidation sites excluding steroid dienone is 5. The molecule has 1 aliphatic heterocycles. The van der Waals surface area contributed by atoms with Crippen LogP contribution in [-0.4, -0.2) is 18.9 Å². The lowest BCUT2D eigenvalue weighted by Gasteiger charge is -2.15. The van der Waals surface area contributed by atoms with Gasteiger partial charge in [-0.2, -0.15) is 0 Å². The van der Waals surface area contributed by atoms with Crippen LogP contribution in [0, 0.1) is 0 Å². The normalized spacial score (nSPS) is 13.7. The molecule has 7 heteroatoms. The molecule has 1 heterocycles. The maximum atomic E-state index is 12.8. The van der Waals surface area contributed by atoms with Crippen molar-refractivity contribution in [1.29, 1.82) is 0 Å². The fraction of sp³-hybridized carbons (Fsp3) is 0.0909. The lowest BCUT2D eigenvalue weighted by atomic mass is 10.1. The van der Waals surface area contributed by atoms with Crippen LogP contribution in [0.5, 0.6) is 0 Å². The van der Waals surface area contributed by atoms with Crippen LogP contribution in [0.25, 0.3) is 0 Å². The third kappa shape index (κ3) is 4.43. The number of fused-ring (bicyclic) bond motifs is 1. The fourth-order valence-corrected chi connectivity index (χ4v) is 2.87. The van der Waals surface area contributed by atoms with Crippen LogP contribution in [0.2, 0.25) is 0 Å². The van der Waals surface area contributed by atoms with E-state index >= 15 is 0 Å². The maximum Gasteiger partial charge on any atom is 0.266 e. The number of anilines is 3. The highest BCUT2D eigenvalue weighted by Gasteiger charge is 2.36. The summed E-state index contributed by atoms with van der Waals surface area (Å²) in [7, 11) is 1.35. The highest BCUT2D eigenvalue weighted by Crippen LogP contribution is 2.31. The number of benzene rings is 2. The minimum atomic E-state index is -0.391. The molecule has 0 saturated carbocycles. The van der Waals surface area contributed by atoms with E-state index in [1.54, 1.807) is 36.4 Å². The molecule has 2 aromatic rings. The van der Waals surface area contributed by atoms with Crippen molar-refractivity contribution < 1.29 is 19.5 Å². The van der Waals surface area contributed by atoms with E-state index < -0.39 is 5.91 Å². The Morgan fingerprint density at radius 2 is 1.69 bits per heavy atom. The predicted octanol–water partition coefficient (Wildman–Crippen LogP) is 4.45. The Hall–Kier alpha value is -3.68. The molecule has 3 rings (SSSR count). The molecule has 0 fully saturated rings. The van der Waals surface area contributed by atoms with Crippen molar-refractivity contribution in [3.05, 3.63) is 90.2 Å². The smallest absolute Gasteiger partial charge is 0.266 e. The molecular weight excluding hydrogens is 370 g/mol. The summed E-state index contributed by atoms with van der Waals surface area (Å²) in [6.07, 6.45) is 7.32. The molecule has 0 saturated heterocycles. The Balaban J connectivity index is 1.77. The van der Waals surface area contributed by atoms with Crippen LogP contribution in [0.3, 0.4) is 0 Å². The second kappa shape index (κ2) is 9.01. The van der Waals surface area contributed by atoms with E-state index in [1.165, 1.54) is 7.11 Å².